The van der Waals surface area contributed by atoms with Gasteiger partial charge in [0.05, 0.1) is 4.90 Å². The lowest BCUT2D eigenvalue weighted by molar-refractivity contribution is -0.126. The highest BCUT2D eigenvalue weighted by Gasteiger charge is 2.32. The molecule has 2 unspecified atom stereocenters. The molecule has 5 nitrogen and oxygen atoms in total. The van der Waals surface area contributed by atoms with Gasteiger partial charge in [0, 0.05) is 38.2 Å². The lowest BCUT2D eigenvalue weighted by Crippen LogP contribution is -2.42. The standard InChI is InChI=1S/C21H28N2O3S/c1-15-9-16(2)14-23(13-15)27(25,26)20-6-5-17-10-19(11-18(17)12-20)21(24)22-7-3-4-8-22/h5-6,11-12,15-16H,3-4,7-10,13-14H2,1-2H3. The van der Waals surface area contributed by atoms with Gasteiger partial charge in [-0.3, -0.25) is 4.79 Å². The van der Waals surface area contributed by atoms with Crippen LogP contribution in [-0.4, -0.2) is 49.7 Å². The molecule has 2 fully saturated rings. The van der Waals surface area contributed by atoms with Crippen LogP contribution in [0.4, 0.5) is 0 Å². The average Bonchev–Trinajstić information content (AvgIpc) is 3.29. The number of amides is 1. The highest BCUT2D eigenvalue weighted by molar-refractivity contribution is 7.89. The number of fused-ring (bicyclic) bond motifs is 1. The van der Waals surface area contributed by atoms with Crippen molar-refractivity contribution in [1.82, 2.24) is 9.21 Å². The molecule has 1 amide bonds. The van der Waals surface area contributed by atoms with Gasteiger partial charge < -0.3 is 4.90 Å². The molecule has 1 aliphatic carbocycles. The van der Waals surface area contributed by atoms with Crippen LogP contribution >= 0.6 is 0 Å². The van der Waals surface area contributed by atoms with Crippen molar-refractivity contribution in [2.75, 3.05) is 26.2 Å². The van der Waals surface area contributed by atoms with Crippen molar-refractivity contribution in [3.05, 3.63) is 34.9 Å². The molecule has 2 atom stereocenters. The van der Waals surface area contributed by atoms with Gasteiger partial charge >= 0.3 is 0 Å². The molecule has 0 radical (unpaired) electrons. The molecule has 27 heavy (non-hydrogen) atoms. The fourth-order valence-corrected chi connectivity index (χ4v) is 6.40. The van der Waals surface area contributed by atoms with Crippen molar-refractivity contribution >= 4 is 22.0 Å². The number of likely N-dealkylation sites (tertiary alicyclic amines) is 1. The van der Waals surface area contributed by atoms with Gasteiger partial charge in [-0.25, -0.2) is 8.42 Å². The molecular weight excluding hydrogens is 360 g/mol. The quantitative estimate of drug-likeness (QED) is 0.800. The smallest absolute Gasteiger partial charge is 0.250 e. The van der Waals surface area contributed by atoms with E-state index in [1.54, 1.807) is 16.4 Å². The molecule has 2 heterocycles. The summed E-state index contributed by atoms with van der Waals surface area (Å²) in [7, 11) is -3.49. The second-order valence-corrected chi connectivity index (χ2v) is 10.4. The number of sulfonamides is 1. The van der Waals surface area contributed by atoms with Gasteiger partial charge in [0.2, 0.25) is 15.9 Å². The molecule has 146 valence electrons. The molecule has 2 aliphatic heterocycles. The summed E-state index contributed by atoms with van der Waals surface area (Å²) in [5.41, 5.74) is 2.69. The van der Waals surface area contributed by atoms with E-state index in [2.05, 4.69) is 13.8 Å². The molecule has 0 saturated carbocycles. The summed E-state index contributed by atoms with van der Waals surface area (Å²) in [6, 6.07) is 5.33. The normalized spacial score (nSPS) is 26.1. The summed E-state index contributed by atoms with van der Waals surface area (Å²) >= 11 is 0. The van der Waals surface area contributed by atoms with Crippen LogP contribution in [0, 0.1) is 11.8 Å². The maximum Gasteiger partial charge on any atom is 0.250 e. The van der Waals surface area contributed by atoms with E-state index in [1.807, 2.05) is 17.0 Å². The van der Waals surface area contributed by atoms with Crippen molar-refractivity contribution < 1.29 is 13.2 Å². The first-order chi connectivity index (χ1) is 12.8. The Morgan fingerprint density at radius 1 is 1.07 bits per heavy atom. The maximum absolute atomic E-state index is 13.1. The minimum atomic E-state index is -3.49. The first kappa shape index (κ1) is 18.7. The van der Waals surface area contributed by atoms with E-state index < -0.39 is 10.0 Å². The predicted molar refractivity (Wildman–Crippen MR) is 106 cm³/mol. The van der Waals surface area contributed by atoms with Crippen LogP contribution in [0.3, 0.4) is 0 Å². The summed E-state index contributed by atoms with van der Waals surface area (Å²) in [6.07, 6.45) is 5.70. The second-order valence-electron chi connectivity index (χ2n) is 8.47. The van der Waals surface area contributed by atoms with E-state index in [0.29, 0.717) is 36.2 Å². The lowest BCUT2D eigenvalue weighted by Gasteiger charge is -2.34. The van der Waals surface area contributed by atoms with Crippen LogP contribution < -0.4 is 0 Å². The van der Waals surface area contributed by atoms with Gasteiger partial charge in [-0.2, -0.15) is 4.31 Å². The zero-order valence-corrected chi connectivity index (χ0v) is 17.0. The molecule has 1 aromatic rings. The number of nitrogens with zero attached hydrogens (tertiary/aromatic N) is 2. The highest BCUT2D eigenvalue weighted by Crippen LogP contribution is 2.32. The monoisotopic (exact) mass is 388 g/mol. The molecular formula is C21H28N2O3S. The molecule has 0 spiro atoms. The highest BCUT2D eigenvalue weighted by atomic mass is 32.2. The second kappa shape index (κ2) is 7.06. The summed E-state index contributed by atoms with van der Waals surface area (Å²) in [4.78, 5) is 14.9. The molecule has 0 aromatic heterocycles. The number of piperidine rings is 1. The van der Waals surface area contributed by atoms with Crippen molar-refractivity contribution in [2.45, 2.75) is 44.4 Å². The minimum absolute atomic E-state index is 0.104. The zero-order valence-electron chi connectivity index (χ0n) is 16.1. The van der Waals surface area contributed by atoms with Gasteiger partial charge in [-0.15, -0.1) is 0 Å². The molecule has 4 rings (SSSR count). The lowest BCUT2D eigenvalue weighted by atomic mass is 9.94. The van der Waals surface area contributed by atoms with Crippen molar-refractivity contribution in [3.8, 4) is 0 Å². The van der Waals surface area contributed by atoms with Crippen LogP contribution in [0.25, 0.3) is 6.08 Å². The van der Waals surface area contributed by atoms with Crippen LogP contribution in [-0.2, 0) is 21.2 Å². The third-order valence-corrected chi connectivity index (χ3v) is 7.80. The Hall–Kier alpha value is -1.66. The number of carbonyl (C=O) groups excluding carboxylic acids is 1. The molecule has 2 saturated heterocycles. The van der Waals surface area contributed by atoms with Crippen molar-refractivity contribution in [2.24, 2.45) is 11.8 Å². The Morgan fingerprint density at radius 2 is 1.74 bits per heavy atom. The van der Waals surface area contributed by atoms with E-state index in [0.717, 1.165) is 49.1 Å². The van der Waals surface area contributed by atoms with E-state index in [-0.39, 0.29) is 5.91 Å². The van der Waals surface area contributed by atoms with Crippen LogP contribution in [0.15, 0.2) is 28.7 Å². The number of hydrogen-bond acceptors (Lipinski definition) is 3. The molecule has 1 aromatic carbocycles. The topological polar surface area (TPSA) is 57.7 Å². The van der Waals surface area contributed by atoms with Crippen LogP contribution in [0.1, 0.15) is 44.2 Å². The van der Waals surface area contributed by atoms with Gasteiger partial charge in [-0.1, -0.05) is 19.9 Å². The number of rotatable bonds is 3. The Kier molecular flexibility index (Phi) is 4.89. The fraction of sp³-hybridized carbons (Fsp3) is 0.571. The Labute approximate surface area is 162 Å². The zero-order chi connectivity index (χ0) is 19.2. The Bertz CT molecular complexity index is 875. The Morgan fingerprint density at radius 3 is 2.41 bits per heavy atom. The van der Waals surface area contributed by atoms with Crippen LogP contribution in [0.2, 0.25) is 0 Å². The number of benzene rings is 1. The van der Waals surface area contributed by atoms with Gasteiger partial charge in [0.25, 0.3) is 0 Å². The minimum Gasteiger partial charge on any atom is -0.339 e. The molecule has 6 heteroatoms. The number of hydrogen-bond donors (Lipinski definition) is 0. The first-order valence-electron chi connectivity index (χ1n) is 9.97. The molecule has 0 N–H and O–H groups in total. The Balaban J connectivity index is 1.58. The van der Waals surface area contributed by atoms with Gasteiger partial charge in [-0.05, 0) is 60.4 Å². The SMILES string of the molecule is CC1CC(C)CN(S(=O)(=O)c2ccc3c(c2)C=C(C(=O)N2CCCC2)C3)C1. The fourth-order valence-electron chi connectivity index (χ4n) is 4.68. The van der Waals surface area contributed by atoms with Crippen molar-refractivity contribution in [3.63, 3.8) is 0 Å². The predicted octanol–water partition coefficient (Wildman–Crippen LogP) is 2.92. The van der Waals surface area contributed by atoms with E-state index in [1.165, 1.54) is 0 Å². The summed E-state index contributed by atoms with van der Waals surface area (Å²) in [5.74, 6) is 0.858. The summed E-state index contributed by atoms with van der Waals surface area (Å²) in [6.45, 7) is 7.05. The van der Waals surface area contributed by atoms with E-state index >= 15 is 0 Å². The molecule has 3 aliphatic rings. The average molecular weight is 389 g/mol. The maximum atomic E-state index is 13.1. The van der Waals surface area contributed by atoms with Crippen molar-refractivity contribution in [1.29, 1.82) is 0 Å². The van der Waals surface area contributed by atoms with Gasteiger partial charge in [0.1, 0.15) is 0 Å². The van der Waals surface area contributed by atoms with E-state index in [4.69, 9.17) is 0 Å². The number of carbonyl (C=O) groups is 1. The summed E-state index contributed by atoms with van der Waals surface area (Å²) < 4.78 is 27.9. The van der Waals surface area contributed by atoms with E-state index in [9.17, 15) is 13.2 Å². The van der Waals surface area contributed by atoms with Gasteiger partial charge in [0.15, 0.2) is 0 Å². The van der Waals surface area contributed by atoms with Crippen LogP contribution in [0.5, 0.6) is 0 Å². The third kappa shape index (κ3) is 3.57. The first-order valence-corrected chi connectivity index (χ1v) is 11.4. The third-order valence-electron chi connectivity index (χ3n) is 5.97. The summed E-state index contributed by atoms with van der Waals surface area (Å²) in [5, 5.41) is 0. The largest absolute Gasteiger partial charge is 0.339 e. The molecule has 0 bridgehead atoms.